The third kappa shape index (κ3) is 4.70. The molecule has 0 saturated carbocycles. The molecule has 1 aromatic carbocycles. The molecular formula is C16H23ClN2O2. The minimum Gasteiger partial charge on any atom is -0.370 e. The number of hydrogen-bond acceptors (Lipinski definition) is 3. The second-order valence-electron chi connectivity index (χ2n) is 5.41. The van der Waals surface area contributed by atoms with Crippen molar-refractivity contribution in [3.63, 3.8) is 0 Å². The Kier molecular flexibility index (Phi) is 6.03. The van der Waals surface area contributed by atoms with Crippen LogP contribution in [0.15, 0.2) is 24.3 Å². The van der Waals surface area contributed by atoms with Gasteiger partial charge in [-0.1, -0.05) is 30.7 Å². The standard InChI is InChI=1S/C16H23ClN2O2/c1-3-18-12(2)10-16(20)19-8-9-21-15(11-19)13-4-6-14(17)7-5-13/h4-7,12,15,18H,3,8-11H2,1-2H3. The Balaban J connectivity index is 1.94. The summed E-state index contributed by atoms with van der Waals surface area (Å²) in [4.78, 5) is 14.2. The maximum atomic E-state index is 12.3. The Morgan fingerprint density at radius 3 is 2.86 bits per heavy atom. The summed E-state index contributed by atoms with van der Waals surface area (Å²) in [6.45, 7) is 6.82. The molecule has 0 spiro atoms. The summed E-state index contributed by atoms with van der Waals surface area (Å²) in [5.41, 5.74) is 1.07. The average Bonchev–Trinajstić information content (AvgIpc) is 2.48. The normalized spacial score (nSPS) is 20.3. The van der Waals surface area contributed by atoms with Crippen LogP contribution in [-0.4, -0.2) is 43.1 Å². The molecule has 1 N–H and O–H groups in total. The van der Waals surface area contributed by atoms with Crippen molar-refractivity contribution in [2.75, 3.05) is 26.2 Å². The zero-order valence-electron chi connectivity index (χ0n) is 12.6. The van der Waals surface area contributed by atoms with Crippen LogP contribution < -0.4 is 5.32 Å². The third-order valence-corrected chi connectivity index (χ3v) is 3.95. The number of nitrogens with one attached hydrogen (secondary N) is 1. The third-order valence-electron chi connectivity index (χ3n) is 3.69. The van der Waals surface area contributed by atoms with Gasteiger partial charge in [-0.3, -0.25) is 4.79 Å². The summed E-state index contributed by atoms with van der Waals surface area (Å²) in [6.07, 6.45) is 0.468. The van der Waals surface area contributed by atoms with Crippen molar-refractivity contribution < 1.29 is 9.53 Å². The maximum absolute atomic E-state index is 12.3. The van der Waals surface area contributed by atoms with E-state index in [1.807, 2.05) is 43.0 Å². The van der Waals surface area contributed by atoms with E-state index >= 15 is 0 Å². The number of morpholine rings is 1. The van der Waals surface area contributed by atoms with Crippen LogP contribution in [-0.2, 0) is 9.53 Å². The predicted octanol–water partition coefficient (Wildman–Crippen LogP) is 2.63. The fraction of sp³-hybridized carbons (Fsp3) is 0.562. The first-order valence-corrected chi connectivity index (χ1v) is 7.86. The molecule has 0 radical (unpaired) electrons. The lowest BCUT2D eigenvalue weighted by atomic mass is 10.1. The van der Waals surface area contributed by atoms with Crippen LogP contribution in [0.3, 0.4) is 0 Å². The van der Waals surface area contributed by atoms with E-state index in [1.54, 1.807) is 0 Å². The molecule has 1 aliphatic rings. The Morgan fingerprint density at radius 1 is 1.48 bits per heavy atom. The van der Waals surface area contributed by atoms with Gasteiger partial charge in [0.05, 0.1) is 13.2 Å². The monoisotopic (exact) mass is 310 g/mol. The van der Waals surface area contributed by atoms with Gasteiger partial charge >= 0.3 is 0 Å². The molecule has 5 heteroatoms. The molecule has 1 heterocycles. The Hall–Kier alpha value is -1.10. The molecule has 2 rings (SSSR count). The van der Waals surface area contributed by atoms with Crippen molar-refractivity contribution >= 4 is 17.5 Å². The first kappa shape index (κ1) is 16.3. The van der Waals surface area contributed by atoms with Crippen molar-refractivity contribution in [1.82, 2.24) is 10.2 Å². The van der Waals surface area contributed by atoms with Gasteiger partial charge in [0.2, 0.25) is 5.91 Å². The van der Waals surface area contributed by atoms with E-state index in [-0.39, 0.29) is 18.1 Å². The SMILES string of the molecule is CCNC(C)CC(=O)N1CCOC(c2ccc(Cl)cc2)C1. The van der Waals surface area contributed by atoms with E-state index in [9.17, 15) is 4.79 Å². The molecule has 21 heavy (non-hydrogen) atoms. The molecule has 0 aliphatic carbocycles. The molecule has 1 saturated heterocycles. The molecule has 0 bridgehead atoms. The van der Waals surface area contributed by atoms with Gasteiger partial charge in [-0.05, 0) is 31.2 Å². The number of rotatable bonds is 5. The van der Waals surface area contributed by atoms with Crippen molar-refractivity contribution in [2.24, 2.45) is 0 Å². The Bertz CT molecular complexity index is 464. The Labute approximate surface area is 131 Å². The lowest BCUT2D eigenvalue weighted by Crippen LogP contribution is -2.44. The number of carbonyl (C=O) groups excluding carboxylic acids is 1. The highest BCUT2D eigenvalue weighted by Gasteiger charge is 2.25. The van der Waals surface area contributed by atoms with Gasteiger partial charge in [-0.25, -0.2) is 0 Å². The van der Waals surface area contributed by atoms with Crippen molar-refractivity contribution in [2.45, 2.75) is 32.4 Å². The van der Waals surface area contributed by atoms with Crippen LogP contribution in [0.4, 0.5) is 0 Å². The molecule has 1 aromatic rings. The molecule has 1 fully saturated rings. The largest absolute Gasteiger partial charge is 0.370 e. The topological polar surface area (TPSA) is 41.6 Å². The fourth-order valence-corrected chi connectivity index (χ4v) is 2.69. The van der Waals surface area contributed by atoms with Crippen LogP contribution in [0.2, 0.25) is 5.02 Å². The van der Waals surface area contributed by atoms with E-state index in [1.165, 1.54) is 0 Å². The van der Waals surface area contributed by atoms with E-state index in [4.69, 9.17) is 16.3 Å². The molecule has 0 aromatic heterocycles. The van der Waals surface area contributed by atoms with Crippen LogP contribution in [0.1, 0.15) is 31.9 Å². The van der Waals surface area contributed by atoms with Gasteiger partial charge in [0.15, 0.2) is 0 Å². The zero-order valence-corrected chi connectivity index (χ0v) is 13.4. The van der Waals surface area contributed by atoms with Gasteiger partial charge in [0.1, 0.15) is 6.10 Å². The van der Waals surface area contributed by atoms with E-state index in [0.717, 1.165) is 12.1 Å². The number of ether oxygens (including phenoxy) is 1. The highest BCUT2D eigenvalue weighted by Crippen LogP contribution is 2.24. The molecular weight excluding hydrogens is 288 g/mol. The number of hydrogen-bond donors (Lipinski definition) is 1. The first-order valence-electron chi connectivity index (χ1n) is 7.48. The fourth-order valence-electron chi connectivity index (χ4n) is 2.57. The highest BCUT2D eigenvalue weighted by molar-refractivity contribution is 6.30. The van der Waals surface area contributed by atoms with Crippen LogP contribution in [0.5, 0.6) is 0 Å². The van der Waals surface area contributed by atoms with Crippen LogP contribution in [0, 0.1) is 0 Å². The number of nitrogens with zero attached hydrogens (tertiary/aromatic N) is 1. The van der Waals surface area contributed by atoms with Gasteiger partial charge in [0, 0.05) is 24.0 Å². The summed E-state index contributed by atoms with van der Waals surface area (Å²) in [5, 5.41) is 3.98. The molecule has 4 nitrogen and oxygen atoms in total. The molecule has 2 unspecified atom stereocenters. The van der Waals surface area contributed by atoms with E-state index < -0.39 is 0 Å². The molecule has 1 amide bonds. The highest BCUT2D eigenvalue weighted by atomic mass is 35.5. The quantitative estimate of drug-likeness (QED) is 0.909. The minimum absolute atomic E-state index is 0.0607. The van der Waals surface area contributed by atoms with E-state index in [0.29, 0.717) is 31.1 Å². The second kappa shape index (κ2) is 7.78. The summed E-state index contributed by atoms with van der Waals surface area (Å²) < 4.78 is 5.78. The predicted molar refractivity (Wildman–Crippen MR) is 84.5 cm³/mol. The second-order valence-corrected chi connectivity index (χ2v) is 5.85. The van der Waals surface area contributed by atoms with Crippen molar-refractivity contribution in [3.8, 4) is 0 Å². The molecule has 116 valence electrons. The zero-order chi connectivity index (χ0) is 15.2. The first-order chi connectivity index (χ1) is 10.1. The summed E-state index contributed by atoms with van der Waals surface area (Å²) >= 11 is 5.90. The van der Waals surface area contributed by atoms with Gasteiger partial charge in [-0.2, -0.15) is 0 Å². The van der Waals surface area contributed by atoms with Crippen molar-refractivity contribution in [3.05, 3.63) is 34.9 Å². The summed E-state index contributed by atoms with van der Waals surface area (Å²) in [7, 11) is 0. The maximum Gasteiger partial charge on any atom is 0.224 e. The number of carbonyl (C=O) groups is 1. The lowest BCUT2D eigenvalue weighted by molar-refractivity contribution is -0.139. The Morgan fingerprint density at radius 2 is 2.19 bits per heavy atom. The van der Waals surface area contributed by atoms with Gasteiger partial charge in [-0.15, -0.1) is 0 Å². The van der Waals surface area contributed by atoms with Gasteiger partial charge < -0.3 is 15.0 Å². The van der Waals surface area contributed by atoms with Crippen LogP contribution >= 0.6 is 11.6 Å². The van der Waals surface area contributed by atoms with Crippen LogP contribution in [0.25, 0.3) is 0 Å². The number of halogens is 1. The lowest BCUT2D eigenvalue weighted by Gasteiger charge is -2.34. The number of benzene rings is 1. The molecule has 1 aliphatic heterocycles. The number of amides is 1. The smallest absolute Gasteiger partial charge is 0.224 e. The average molecular weight is 311 g/mol. The van der Waals surface area contributed by atoms with Gasteiger partial charge in [0.25, 0.3) is 0 Å². The minimum atomic E-state index is -0.0607. The molecule has 2 atom stereocenters. The summed E-state index contributed by atoms with van der Waals surface area (Å²) in [5.74, 6) is 0.186. The van der Waals surface area contributed by atoms with Crippen molar-refractivity contribution in [1.29, 1.82) is 0 Å². The summed E-state index contributed by atoms with van der Waals surface area (Å²) in [6, 6.07) is 7.84. The van der Waals surface area contributed by atoms with E-state index in [2.05, 4.69) is 5.32 Å².